The zero-order chi connectivity index (χ0) is 20.1. The van der Waals surface area contributed by atoms with Gasteiger partial charge < -0.3 is 10.1 Å². The van der Waals surface area contributed by atoms with Gasteiger partial charge in [0.05, 0.1) is 4.90 Å². The van der Waals surface area contributed by atoms with Crippen LogP contribution in [-0.2, 0) is 14.8 Å². The van der Waals surface area contributed by atoms with E-state index in [0.717, 1.165) is 17.5 Å². The Kier molecular flexibility index (Phi) is 5.99. The molecule has 1 aliphatic rings. The van der Waals surface area contributed by atoms with Crippen LogP contribution in [0, 0.1) is 13.8 Å². The molecule has 0 spiro atoms. The van der Waals surface area contributed by atoms with Crippen molar-refractivity contribution in [2.75, 3.05) is 18.5 Å². The van der Waals surface area contributed by atoms with Crippen LogP contribution in [0.3, 0.4) is 0 Å². The zero-order valence-electron chi connectivity index (χ0n) is 15.9. The minimum absolute atomic E-state index is 0.0653. The number of rotatable bonds is 6. The van der Waals surface area contributed by atoms with Crippen LogP contribution in [0.15, 0.2) is 52.4 Å². The Morgan fingerprint density at radius 2 is 1.86 bits per heavy atom. The molecule has 148 valence electrons. The quantitative estimate of drug-likeness (QED) is 0.778. The number of benzene rings is 2. The van der Waals surface area contributed by atoms with Crippen molar-refractivity contribution in [2.24, 2.45) is 4.99 Å². The van der Waals surface area contributed by atoms with E-state index in [0.29, 0.717) is 30.2 Å². The zero-order valence-corrected chi connectivity index (χ0v) is 16.7. The fourth-order valence-electron chi connectivity index (χ4n) is 2.94. The molecule has 0 aromatic heterocycles. The van der Waals surface area contributed by atoms with Crippen LogP contribution in [0.25, 0.3) is 0 Å². The molecule has 3 rings (SSSR count). The smallest absolute Gasteiger partial charge is 0.262 e. The lowest BCUT2D eigenvalue weighted by molar-refractivity contribution is -0.118. The monoisotopic (exact) mass is 401 g/mol. The van der Waals surface area contributed by atoms with Crippen molar-refractivity contribution in [3.8, 4) is 5.75 Å². The number of carbonyl (C=O) groups is 1. The lowest BCUT2D eigenvalue weighted by Gasteiger charge is -2.13. The number of hydrogen-bond donors (Lipinski definition) is 2. The molecule has 8 heteroatoms. The van der Waals surface area contributed by atoms with E-state index in [1.54, 1.807) is 12.1 Å². The van der Waals surface area contributed by atoms with Gasteiger partial charge in [-0.1, -0.05) is 24.3 Å². The van der Waals surface area contributed by atoms with Crippen LogP contribution in [0.4, 0.5) is 5.69 Å². The molecular weight excluding hydrogens is 378 g/mol. The Bertz CT molecular complexity index is 996. The number of amidine groups is 1. The molecule has 28 heavy (non-hydrogen) atoms. The minimum atomic E-state index is -3.73. The van der Waals surface area contributed by atoms with Crippen LogP contribution in [-0.4, -0.2) is 33.3 Å². The van der Waals surface area contributed by atoms with E-state index in [-0.39, 0.29) is 17.4 Å². The minimum Gasteiger partial charge on any atom is -0.483 e. The standard InChI is InChI=1S/C20H23N3O4S/c1-14-6-3-7-15(2)20(14)27-13-19(24)22-16-8-4-9-17(12-16)28(25,26)23-18-10-5-11-21-18/h3-4,6-9,12H,5,10-11,13H2,1-2H3,(H,21,23)(H,22,24). The second-order valence-corrected chi connectivity index (χ2v) is 8.31. The van der Waals surface area contributed by atoms with Crippen LogP contribution in [0.1, 0.15) is 24.0 Å². The van der Waals surface area contributed by atoms with Gasteiger partial charge in [0.25, 0.3) is 15.9 Å². The maximum atomic E-state index is 12.5. The molecule has 1 heterocycles. The normalized spacial score (nSPS) is 13.7. The van der Waals surface area contributed by atoms with Gasteiger partial charge in [-0.05, 0) is 49.6 Å². The number of sulfonamides is 1. The fraction of sp³-hybridized carbons (Fsp3) is 0.300. The van der Waals surface area contributed by atoms with Gasteiger partial charge in [0.1, 0.15) is 11.6 Å². The molecule has 0 unspecified atom stereocenters. The van der Waals surface area contributed by atoms with Crippen molar-refractivity contribution in [2.45, 2.75) is 31.6 Å². The molecule has 0 bridgehead atoms. The highest BCUT2D eigenvalue weighted by atomic mass is 32.2. The summed E-state index contributed by atoms with van der Waals surface area (Å²) in [6.07, 6.45) is 1.46. The Labute approximate surface area is 164 Å². The summed E-state index contributed by atoms with van der Waals surface area (Å²) in [6, 6.07) is 11.8. The second kappa shape index (κ2) is 8.43. The van der Waals surface area contributed by atoms with Gasteiger partial charge in [0.15, 0.2) is 6.61 Å². The van der Waals surface area contributed by atoms with E-state index in [2.05, 4.69) is 15.0 Å². The SMILES string of the molecule is Cc1cccc(C)c1OCC(=O)Nc1cccc(S(=O)(=O)NC2=NCCC2)c1. The maximum absolute atomic E-state index is 12.5. The van der Waals surface area contributed by atoms with Gasteiger partial charge in [0, 0.05) is 18.7 Å². The summed E-state index contributed by atoms with van der Waals surface area (Å²) in [4.78, 5) is 16.4. The van der Waals surface area contributed by atoms with Crippen molar-refractivity contribution in [3.05, 3.63) is 53.6 Å². The Morgan fingerprint density at radius 3 is 2.54 bits per heavy atom. The van der Waals surface area contributed by atoms with Crippen LogP contribution in [0.5, 0.6) is 5.75 Å². The number of amides is 1. The van der Waals surface area contributed by atoms with E-state index < -0.39 is 10.0 Å². The molecule has 1 aliphatic heterocycles. The second-order valence-electron chi connectivity index (χ2n) is 6.62. The van der Waals surface area contributed by atoms with Crippen molar-refractivity contribution >= 4 is 27.5 Å². The first-order valence-electron chi connectivity index (χ1n) is 9.00. The van der Waals surface area contributed by atoms with Crippen molar-refractivity contribution < 1.29 is 17.9 Å². The highest BCUT2D eigenvalue weighted by Crippen LogP contribution is 2.22. The van der Waals surface area contributed by atoms with Crippen LogP contribution >= 0.6 is 0 Å². The third-order valence-electron chi connectivity index (χ3n) is 4.31. The molecule has 0 radical (unpaired) electrons. The third kappa shape index (κ3) is 4.89. The summed E-state index contributed by atoms with van der Waals surface area (Å²) in [5, 5.41) is 2.67. The highest BCUT2D eigenvalue weighted by Gasteiger charge is 2.19. The molecule has 0 saturated carbocycles. The van der Waals surface area contributed by atoms with Crippen LogP contribution < -0.4 is 14.8 Å². The van der Waals surface area contributed by atoms with E-state index in [1.165, 1.54) is 12.1 Å². The summed E-state index contributed by atoms with van der Waals surface area (Å²) < 4.78 is 33.1. The summed E-state index contributed by atoms with van der Waals surface area (Å²) >= 11 is 0. The van der Waals surface area contributed by atoms with Crippen molar-refractivity contribution in [3.63, 3.8) is 0 Å². The van der Waals surface area contributed by atoms with E-state index in [4.69, 9.17) is 4.74 Å². The number of hydrogen-bond acceptors (Lipinski definition) is 5. The van der Waals surface area contributed by atoms with E-state index in [1.807, 2.05) is 32.0 Å². The van der Waals surface area contributed by atoms with Gasteiger partial charge in [-0.15, -0.1) is 0 Å². The number of carbonyl (C=O) groups excluding carboxylic acids is 1. The molecular formula is C20H23N3O4S. The maximum Gasteiger partial charge on any atom is 0.262 e. The number of nitrogens with one attached hydrogen (secondary N) is 2. The van der Waals surface area contributed by atoms with E-state index >= 15 is 0 Å². The lowest BCUT2D eigenvalue weighted by atomic mass is 10.1. The topological polar surface area (TPSA) is 96.9 Å². The summed E-state index contributed by atoms with van der Waals surface area (Å²) in [6.45, 7) is 4.29. The van der Waals surface area contributed by atoms with Crippen molar-refractivity contribution in [1.29, 1.82) is 0 Å². The van der Waals surface area contributed by atoms with Gasteiger partial charge in [0.2, 0.25) is 0 Å². The first-order chi connectivity index (χ1) is 13.3. The van der Waals surface area contributed by atoms with Crippen molar-refractivity contribution in [1.82, 2.24) is 4.72 Å². The van der Waals surface area contributed by atoms with Gasteiger partial charge in [-0.2, -0.15) is 0 Å². The van der Waals surface area contributed by atoms with E-state index in [9.17, 15) is 13.2 Å². The molecule has 0 aliphatic carbocycles. The average molecular weight is 401 g/mol. The molecule has 2 N–H and O–H groups in total. The fourth-order valence-corrected chi connectivity index (χ4v) is 4.07. The number of nitrogens with zero attached hydrogens (tertiary/aromatic N) is 1. The molecule has 1 amide bonds. The number of aliphatic imine (C=N–C) groups is 1. The molecule has 0 saturated heterocycles. The number of ether oxygens (including phenoxy) is 1. The number of para-hydroxylation sites is 1. The molecule has 7 nitrogen and oxygen atoms in total. The first-order valence-corrected chi connectivity index (χ1v) is 10.5. The lowest BCUT2D eigenvalue weighted by Crippen LogP contribution is -2.29. The van der Waals surface area contributed by atoms with Gasteiger partial charge >= 0.3 is 0 Å². The first kappa shape index (κ1) is 19.9. The Morgan fingerprint density at radius 1 is 1.14 bits per heavy atom. The van der Waals surface area contributed by atoms with Crippen LogP contribution in [0.2, 0.25) is 0 Å². The molecule has 2 aromatic carbocycles. The van der Waals surface area contributed by atoms with Gasteiger partial charge in [-0.25, -0.2) is 8.42 Å². The summed E-state index contributed by atoms with van der Waals surface area (Å²) in [7, 11) is -3.73. The number of aryl methyl sites for hydroxylation is 2. The predicted molar refractivity (Wildman–Crippen MR) is 108 cm³/mol. The third-order valence-corrected chi connectivity index (χ3v) is 5.69. The summed E-state index contributed by atoms with van der Waals surface area (Å²) in [5.74, 6) is 0.775. The largest absolute Gasteiger partial charge is 0.483 e. The Hall–Kier alpha value is -2.87. The average Bonchev–Trinajstić information content (AvgIpc) is 3.14. The molecule has 2 aromatic rings. The number of anilines is 1. The molecule has 0 atom stereocenters. The summed E-state index contributed by atoms with van der Waals surface area (Å²) in [5.41, 5.74) is 2.27. The van der Waals surface area contributed by atoms with Gasteiger partial charge in [-0.3, -0.25) is 14.5 Å². The highest BCUT2D eigenvalue weighted by molar-refractivity contribution is 7.90. The Balaban J connectivity index is 1.64. The predicted octanol–water partition coefficient (Wildman–Crippen LogP) is 2.79. The molecule has 0 fully saturated rings.